The first-order chi connectivity index (χ1) is 14.4. The van der Waals surface area contributed by atoms with Crippen LogP contribution in [-0.4, -0.2) is 18.1 Å². The summed E-state index contributed by atoms with van der Waals surface area (Å²) in [6.45, 7) is 2.23. The van der Waals surface area contributed by atoms with E-state index < -0.39 is 10.1 Å². The Labute approximate surface area is 180 Å². The van der Waals surface area contributed by atoms with Crippen molar-refractivity contribution in [3.8, 4) is 17.2 Å². The van der Waals surface area contributed by atoms with Crippen molar-refractivity contribution in [1.29, 1.82) is 0 Å². The lowest BCUT2D eigenvalue weighted by molar-refractivity contribution is 0.461. The van der Waals surface area contributed by atoms with E-state index in [1.54, 1.807) is 18.2 Å². The van der Waals surface area contributed by atoms with Gasteiger partial charge in [0.25, 0.3) is 10.1 Å². The minimum absolute atomic E-state index is 0.121. The first-order valence-electron chi connectivity index (χ1n) is 11.0. The summed E-state index contributed by atoms with van der Waals surface area (Å²) in [6, 6.07) is 10.8. The first-order valence-corrected chi connectivity index (χ1v) is 12.4. The van der Waals surface area contributed by atoms with E-state index in [1.165, 1.54) is 75.6 Å². The molecule has 0 fully saturated rings. The van der Waals surface area contributed by atoms with Crippen LogP contribution in [0.3, 0.4) is 0 Å². The number of benzene rings is 2. The average Bonchev–Trinajstić information content (AvgIpc) is 2.70. The molecule has 2 rings (SSSR count). The van der Waals surface area contributed by atoms with E-state index in [9.17, 15) is 18.1 Å². The van der Waals surface area contributed by atoms with E-state index >= 15 is 0 Å². The maximum absolute atomic E-state index is 11.6. The molecule has 2 N–H and O–H groups in total. The monoisotopic (exact) mass is 434 g/mol. The summed E-state index contributed by atoms with van der Waals surface area (Å²) in [5.74, 6) is 0.943. The molecule has 5 nitrogen and oxygen atoms in total. The number of unbranched alkanes of at least 4 members (excludes halogenated alkanes) is 9. The summed E-state index contributed by atoms with van der Waals surface area (Å²) < 4.78 is 38.5. The van der Waals surface area contributed by atoms with E-state index in [-0.39, 0.29) is 10.6 Å². The SMILES string of the molecule is CCCCCCCCCCCCc1cc(Oc2ccc(O)cc2)cc(S(=O)(=O)O)c1. The maximum Gasteiger partial charge on any atom is 0.294 e. The Morgan fingerprint density at radius 1 is 0.767 bits per heavy atom. The zero-order valence-electron chi connectivity index (χ0n) is 17.8. The highest BCUT2D eigenvalue weighted by atomic mass is 32.2. The predicted octanol–water partition coefficient (Wildman–Crippen LogP) is 6.89. The van der Waals surface area contributed by atoms with Crippen LogP contribution in [0.25, 0.3) is 0 Å². The molecule has 0 saturated heterocycles. The highest BCUT2D eigenvalue weighted by molar-refractivity contribution is 7.85. The Morgan fingerprint density at radius 2 is 1.33 bits per heavy atom. The molecule has 2 aromatic carbocycles. The summed E-state index contributed by atoms with van der Waals surface area (Å²) in [4.78, 5) is -0.166. The molecule has 0 heterocycles. The van der Waals surface area contributed by atoms with Crippen molar-refractivity contribution in [3.05, 3.63) is 48.0 Å². The molecular weight excluding hydrogens is 400 g/mol. The van der Waals surface area contributed by atoms with Gasteiger partial charge in [0.2, 0.25) is 0 Å². The van der Waals surface area contributed by atoms with E-state index in [2.05, 4.69) is 6.92 Å². The predicted molar refractivity (Wildman–Crippen MR) is 120 cm³/mol. The Bertz CT molecular complexity index is 860. The van der Waals surface area contributed by atoms with Crippen LogP contribution in [-0.2, 0) is 16.5 Å². The Morgan fingerprint density at radius 3 is 1.90 bits per heavy atom. The van der Waals surface area contributed by atoms with Crippen LogP contribution in [0, 0.1) is 0 Å². The van der Waals surface area contributed by atoms with Gasteiger partial charge in [-0.1, -0.05) is 64.7 Å². The van der Waals surface area contributed by atoms with E-state index in [4.69, 9.17) is 4.74 Å². The fourth-order valence-electron chi connectivity index (χ4n) is 3.45. The van der Waals surface area contributed by atoms with Gasteiger partial charge in [-0.15, -0.1) is 0 Å². The van der Waals surface area contributed by atoms with Crippen molar-refractivity contribution in [2.45, 2.75) is 82.4 Å². The van der Waals surface area contributed by atoms with Gasteiger partial charge in [-0.05, 0) is 54.8 Å². The van der Waals surface area contributed by atoms with Crippen LogP contribution in [0.4, 0.5) is 0 Å². The first kappa shape index (κ1) is 24.2. The average molecular weight is 435 g/mol. The molecule has 0 aromatic heterocycles. The molecule has 0 atom stereocenters. The van der Waals surface area contributed by atoms with Crippen molar-refractivity contribution in [1.82, 2.24) is 0 Å². The summed E-state index contributed by atoms with van der Waals surface area (Å²) >= 11 is 0. The molecule has 0 radical (unpaired) electrons. The second-order valence-electron chi connectivity index (χ2n) is 7.82. The normalized spacial score (nSPS) is 11.5. The topological polar surface area (TPSA) is 83.8 Å². The Balaban J connectivity index is 1.86. The molecule has 0 aliphatic carbocycles. The van der Waals surface area contributed by atoms with Gasteiger partial charge in [0.05, 0.1) is 4.90 Å². The molecular formula is C24H34O5S. The van der Waals surface area contributed by atoms with Crippen LogP contribution >= 0.6 is 0 Å². The number of hydrogen-bond acceptors (Lipinski definition) is 4. The molecule has 2 aromatic rings. The molecule has 0 spiro atoms. The molecule has 0 bridgehead atoms. The van der Waals surface area contributed by atoms with Crippen molar-refractivity contribution in [3.63, 3.8) is 0 Å². The van der Waals surface area contributed by atoms with Crippen molar-refractivity contribution in [2.75, 3.05) is 0 Å². The van der Waals surface area contributed by atoms with Gasteiger partial charge in [0, 0.05) is 6.07 Å². The minimum atomic E-state index is -4.32. The number of aryl methyl sites for hydroxylation is 1. The van der Waals surface area contributed by atoms with Crippen LogP contribution in [0.5, 0.6) is 17.2 Å². The van der Waals surface area contributed by atoms with Gasteiger partial charge in [0.15, 0.2) is 0 Å². The molecule has 0 aliphatic heterocycles. The third-order valence-corrected chi connectivity index (χ3v) is 5.96. The standard InChI is InChI=1S/C24H34O5S/c1-2-3-4-5-6-7-8-9-10-11-12-20-17-23(19-24(18-20)30(26,27)28)29-22-15-13-21(25)14-16-22/h13-19,25H,2-12H2,1H3,(H,26,27,28). The second-order valence-corrected chi connectivity index (χ2v) is 9.24. The van der Waals surface area contributed by atoms with Crippen molar-refractivity contribution < 1.29 is 22.8 Å². The van der Waals surface area contributed by atoms with Gasteiger partial charge in [-0.25, -0.2) is 0 Å². The Kier molecular flexibility index (Phi) is 10.2. The second kappa shape index (κ2) is 12.6. The Hall–Kier alpha value is -2.05. The fraction of sp³-hybridized carbons (Fsp3) is 0.500. The lowest BCUT2D eigenvalue weighted by Gasteiger charge is -2.10. The number of aromatic hydroxyl groups is 1. The molecule has 0 saturated carbocycles. The quantitative estimate of drug-likeness (QED) is 0.250. The smallest absolute Gasteiger partial charge is 0.294 e. The van der Waals surface area contributed by atoms with Crippen LogP contribution < -0.4 is 4.74 Å². The third-order valence-electron chi connectivity index (χ3n) is 5.13. The highest BCUT2D eigenvalue weighted by Crippen LogP contribution is 2.28. The number of rotatable bonds is 14. The van der Waals surface area contributed by atoms with E-state index in [1.807, 2.05) is 0 Å². The zero-order chi connectivity index (χ0) is 21.8. The molecule has 6 heteroatoms. The molecule has 166 valence electrons. The molecule has 0 aliphatic rings. The number of hydrogen-bond donors (Lipinski definition) is 2. The van der Waals surface area contributed by atoms with Crippen LogP contribution in [0.2, 0.25) is 0 Å². The van der Waals surface area contributed by atoms with Crippen molar-refractivity contribution in [2.24, 2.45) is 0 Å². The summed E-state index contributed by atoms with van der Waals surface area (Å²) in [7, 11) is -4.32. The van der Waals surface area contributed by atoms with Crippen LogP contribution in [0.1, 0.15) is 76.7 Å². The minimum Gasteiger partial charge on any atom is -0.508 e. The summed E-state index contributed by atoms with van der Waals surface area (Å²) in [5.41, 5.74) is 0.818. The number of ether oxygens (including phenoxy) is 1. The number of phenols is 1. The maximum atomic E-state index is 11.6. The summed E-state index contributed by atoms with van der Waals surface area (Å²) in [5, 5.41) is 9.37. The third kappa shape index (κ3) is 9.18. The fourth-order valence-corrected chi connectivity index (χ4v) is 4.02. The summed E-state index contributed by atoms with van der Waals surface area (Å²) in [6.07, 6.45) is 13.1. The van der Waals surface area contributed by atoms with Crippen LogP contribution in [0.15, 0.2) is 47.4 Å². The van der Waals surface area contributed by atoms with Gasteiger partial charge >= 0.3 is 0 Å². The van der Waals surface area contributed by atoms with Gasteiger partial charge < -0.3 is 9.84 Å². The molecule has 0 amide bonds. The molecule has 30 heavy (non-hydrogen) atoms. The van der Waals surface area contributed by atoms with E-state index in [0.717, 1.165) is 24.8 Å². The largest absolute Gasteiger partial charge is 0.508 e. The zero-order valence-corrected chi connectivity index (χ0v) is 18.7. The van der Waals surface area contributed by atoms with Gasteiger partial charge in [-0.2, -0.15) is 8.42 Å². The van der Waals surface area contributed by atoms with Crippen molar-refractivity contribution >= 4 is 10.1 Å². The van der Waals surface area contributed by atoms with Gasteiger partial charge in [-0.3, -0.25) is 4.55 Å². The van der Waals surface area contributed by atoms with E-state index in [0.29, 0.717) is 11.5 Å². The number of phenolic OH excluding ortho intramolecular Hbond substituents is 1. The molecule has 0 unspecified atom stereocenters. The lowest BCUT2D eigenvalue weighted by Crippen LogP contribution is -2.00. The lowest BCUT2D eigenvalue weighted by atomic mass is 10.0. The highest BCUT2D eigenvalue weighted by Gasteiger charge is 2.13. The van der Waals surface area contributed by atoms with Gasteiger partial charge in [0.1, 0.15) is 17.2 Å².